The molecule has 0 spiro atoms. The van der Waals surface area contributed by atoms with Crippen molar-refractivity contribution in [1.82, 2.24) is 5.32 Å². The van der Waals surface area contributed by atoms with E-state index in [-0.39, 0.29) is 5.91 Å². The topological polar surface area (TPSA) is 29.1 Å². The largest absolute Gasteiger partial charge is 0.437 e. The summed E-state index contributed by atoms with van der Waals surface area (Å²) < 4.78 is 0. The quantitative estimate of drug-likeness (QED) is 0.378. The summed E-state index contributed by atoms with van der Waals surface area (Å²) in [6.45, 7) is 0. The minimum Gasteiger partial charge on any atom is -0.437 e. The molecule has 0 unspecified atom stereocenters. The van der Waals surface area contributed by atoms with Crippen LogP contribution in [-0.2, 0) is 4.79 Å². The standard InChI is InChI=1S/C3H2NO/c5-3-1-2-4-3/h1H,(H,4,5)/q-1. The molecule has 0 saturated carbocycles. The highest BCUT2D eigenvalue weighted by atomic mass is 16.2. The van der Waals surface area contributed by atoms with Crippen LogP contribution in [0, 0.1) is 6.20 Å². The number of amides is 1. The fourth-order valence-corrected chi connectivity index (χ4v) is 0.131. The molecule has 1 rings (SSSR count). The fraction of sp³-hybridized carbons (Fsp3) is 0. The van der Waals surface area contributed by atoms with Gasteiger partial charge in [-0.15, -0.1) is 0 Å². The van der Waals surface area contributed by atoms with Crippen LogP contribution in [0.5, 0.6) is 0 Å². The van der Waals surface area contributed by atoms with Crippen LogP contribution < -0.4 is 5.32 Å². The summed E-state index contributed by atoms with van der Waals surface area (Å²) in [6, 6.07) is 0. The monoisotopic (exact) mass is 68.0 g/mol. The first-order valence-electron chi connectivity index (χ1n) is 1.28. The Morgan fingerprint density at radius 2 is 2.40 bits per heavy atom. The molecule has 26 valence electrons. The van der Waals surface area contributed by atoms with E-state index in [0.29, 0.717) is 0 Å². The summed E-state index contributed by atoms with van der Waals surface area (Å²) in [5.74, 6) is -0.0509. The van der Waals surface area contributed by atoms with Gasteiger partial charge in [0.1, 0.15) is 5.91 Å². The van der Waals surface area contributed by atoms with Crippen LogP contribution in [-0.4, -0.2) is 5.91 Å². The fourth-order valence-electron chi connectivity index (χ4n) is 0.131. The van der Waals surface area contributed by atoms with Crippen molar-refractivity contribution in [2.75, 3.05) is 0 Å². The van der Waals surface area contributed by atoms with Crippen LogP contribution in [0.3, 0.4) is 0 Å². The third-order valence-corrected chi connectivity index (χ3v) is 0.399. The maximum atomic E-state index is 9.67. The van der Waals surface area contributed by atoms with Gasteiger partial charge in [-0.25, -0.2) is 0 Å². The van der Waals surface area contributed by atoms with E-state index >= 15 is 0 Å². The summed E-state index contributed by atoms with van der Waals surface area (Å²) >= 11 is 0. The van der Waals surface area contributed by atoms with E-state index in [1.54, 1.807) is 0 Å². The van der Waals surface area contributed by atoms with Crippen LogP contribution in [0.1, 0.15) is 0 Å². The Morgan fingerprint density at radius 3 is 2.40 bits per heavy atom. The zero-order chi connectivity index (χ0) is 3.70. The van der Waals surface area contributed by atoms with Gasteiger partial charge in [-0.1, -0.05) is 12.3 Å². The average molecular weight is 68.1 g/mol. The molecule has 0 fully saturated rings. The van der Waals surface area contributed by atoms with Gasteiger partial charge in [0.05, 0.1) is 0 Å². The van der Waals surface area contributed by atoms with Crippen LogP contribution in [0.15, 0.2) is 6.08 Å². The minimum atomic E-state index is -0.0509. The number of nitrogens with one attached hydrogen (secondary N) is 1. The van der Waals surface area contributed by atoms with Gasteiger partial charge in [0, 0.05) is 0 Å². The molecule has 0 aromatic carbocycles. The molecule has 0 saturated heterocycles. The second kappa shape index (κ2) is 0.578. The van der Waals surface area contributed by atoms with Crippen molar-refractivity contribution in [1.29, 1.82) is 0 Å². The van der Waals surface area contributed by atoms with Crippen LogP contribution in [0.25, 0.3) is 0 Å². The third kappa shape index (κ3) is 0.173. The number of carbonyl (C=O) groups excluding carboxylic acids is 1. The molecule has 1 aliphatic heterocycles. The molecule has 0 bridgehead atoms. The molecule has 2 nitrogen and oxygen atoms in total. The maximum Gasteiger partial charge on any atom is 0.134 e. The number of hydrogen-bond donors (Lipinski definition) is 1. The van der Waals surface area contributed by atoms with Gasteiger partial charge in [-0.2, -0.15) is 0 Å². The lowest BCUT2D eigenvalue weighted by Gasteiger charge is -2.08. The molecule has 2 heteroatoms. The highest BCUT2D eigenvalue weighted by Gasteiger charge is 1.84. The SMILES string of the molecule is O=C1C=[C-]N1. The van der Waals surface area contributed by atoms with E-state index in [0.717, 1.165) is 0 Å². The first-order chi connectivity index (χ1) is 2.39. The molecule has 1 N–H and O–H groups in total. The van der Waals surface area contributed by atoms with E-state index in [4.69, 9.17) is 0 Å². The zero-order valence-electron chi connectivity index (χ0n) is 2.49. The van der Waals surface area contributed by atoms with Crippen molar-refractivity contribution in [3.8, 4) is 0 Å². The van der Waals surface area contributed by atoms with Crippen LogP contribution in [0.2, 0.25) is 0 Å². The molecule has 0 radical (unpaired) electrons. The van der Waals surface area contributed by atoms with Gasteiger partial charge in [0.25, 0.3) is 0 Å². The molecule has 0 aromatic rings. The lowest BCUT2D eigenvalue weighted by Crippen LogP contribution is -2.23. The smallest absolute Gasteiger partial charge is 0.134 e. The summed E-state index contributed by atoms with van der Waals surface area (Å²) in [6.07, 6.45) is 3.78. The summed E-state index contributed by atoms with van der Waals surface area (Å²) in [4.78, 5) is 9.67. The average Bonchev–Trinajstić information content (AvgIpc) is 1.30. The summed E-state index contributed by atoms with van der Waals surface area (Å²) in [5.41, 5.74) is 0. The van der Waals surface area contributed by atoms with Gasteiger partial charge in [-0.3, -0.25) is 0 Å². The number of carbonyl (C=O) groups is 1. The summed E-state index contributed by atoms with van der Waals surface area (Å²) in [5, 5.41) is 2.26. The van der Waals surface area contributed by atoms with Crippen molar-refractivity contribution in [2.24, 2.45) is 0 Å². The molecule has 0 aliphatic carbocycles. The van der Waals surface area contributed by atoms with Crippen molar-refractivity contribution in [3.63, 3.8) is 0 Å². The first-order valence-corrected chi connectivity index (χ1v) is 1.28. The number of rotatable bonds is 0. The molecular formula is C3H2NO-. The Labute approximate surface area is 29.5 Å². The van der Waals surface area contributed by atoms with Crippen LogP contribution in [0.4, 0.5) is 0 Å². The lowest BCUT2D eigenvalue weighted by molar-refractivity contribution is -0.117. The first kappa shape index (κ1) is 2.45. The van der Waals surface area contributed by atoms with E-state index in [2.05, 4.69) is 11.5 Å². The molecular weight excluding hydrogens is 66.0 g/mol. The van der Waals surface area contributed by atoms with Crippen molar-refractivity contribution in [2.45, 2.75) is 0 Å². The van der Waals surface area contributed by atoms with Gasteiger partial charge in [0.2, 0.25) is 0 Å². The van der Waals surface area contributed by atoms with Crippen molar-refractivity contribution >= 4 is 5.91 Å². The lowest BCUT2D eigenvalue weighted by atomic mass is 10.4. The van der Waals surface area contributed by atoms with Gasteiger partial charge in [-0.05, 0) is 0 Å². The second-order valence-corrected chi connectivity index (χ2v) is 0.778. The normalized spacial score (nSPS) is 17.2. The summed E-state index contributed by atoms with van der Waals surface area (Å²) in [7, 11) is 0. The van der Waals surface area contributed by atoms with Gasteiger partial charge < -0.3 is 10.1 Å². The Balaban J connectivity index is 2.71. The Hall–Kier alpha value is -0.790. The molecule has 1 amide bonds. The minimum absolute atomic E-state index is 0.0509. The molecule has 0 atom stereocenters. The molecule has 1 heterocycles. The van der Waals surface area contributed by atoms with Gasteiger partial charge in [0.15, 0.2) is 0 Å². The van der Waals surface area contributed by atoms with Gasteiger partial charge >= 0.3 is 0 Å². The van der Waals surface area contributed by atoms with Crippen molar-refractivity contribution < 1.29 is 4.79 Å². The molecule has 5 heavy (non-hydrogen) atoms. The predicted octanol–water partition coefficient (Wildman–Crippen LogP) is -0.567. The molecule has 0 aromatic heterocycles. The highest BCUT2D eigenvalue weighted by Crippen LogP contribution is 1.76. The van der Waals surface area contributed by atoms with E-state index < -0.39 is 0 Å². The van der Waals surface area contributed by atoms with E-state index in [1.807, 2.05) is 0 Å². The third-order valence-electron chi connectivity index (χ3n) is 0.399. The van der Waals surface area contributed by atoms with E-state index in [1.165, 1.54) is 6.08 Å². The Kier molecular flexibility index (Phi) is 0.283. The second-order valence-electron chi connectivity index (χ2n) is 0.778. The Morgan fingerprint density at radius 1 is 2.00 bits per heavy atom. The van der Waals surface area contributed by atoms with Crippen molar-refractivity contribution in [3.05, 3.63) is 12.3 Å². The zero-order valence-corrected chi connectivity index (χ0v) is 2.49. The predicted molar refractivity (Wildman–Crippen MR) is 16.0 cm³/mol. The molecule has 1 aliphatic rings. The maximum absolute atomic E-state index is 9.67. The highest BCUT2D eigenvalue weighted by molar-refractivity contribution is 5.92. The van der Waals surface area contributed by atoms with Crippen LogP contribution >= 0.6 is 0 Å². The number of hydrogen-bond acceptors (Lipinski definition) is 1. The van der Waals surface area contributed by atoms with E-state index in [9.17, 15) is 4.79 Å². The Bertz CT molecular complexity index is 84.9.